The van der Waals surface area contributed by atoms with Crippen molar-refractivity contribution in [2.45, 2.75) is 5.92 Å². The van der Waals surface area contributed by atoms with Crippen LogP contribution in [0.15, 0.2) is 89.7 Å². The highest BCUT2D eigenvalue weighted by Gasteiger charge is 2.20. The highest BCUT2D eigenvalue weighted by Crippen LogP contribution is 2.32. The van der Waals surface area contributed by atoms with Gasteiger partial charge in [0.15, 0.2) is 0 Å². The maximum Gasteiger partial charge on any atom is 0.251 e. The topological polar surface area (TPSA) is 45.8 Å². The highest BCUT2D eigenvalue weighted by atomic mass is 35.5. The van der Waals surface area contributed by atoms with Gasteiger partial charge in [0.1, 0.15) is 5.82 Å². The molecule has 0 spiro atoms. The minimum atomic E-state index is -0.223. The van der Waals surface area contributed by atoms with Crippen LogP contribution in [0.5, 0.6) is 0 Å². The second kappa shape index (κ2) is 8.01. The number of halogens is 2. The Balaban J connectivity index is 1.89. The van der Waals surface area contributed by atoms with Crippen molar-refractivity contribution in [2.24, 2.45) is 0 Å². The van der Waals surface area contributed by atoms with Crippen molar-refractivity contribution in [2.75, 3.05) is 0 Å². The van der Waals surface area contributed by atoms with Gasteiger partial charge >= 0.3 is 0 Å². The summed E-state index contributed by atoms with van der Waals surface area (Å²) in [7, 11) is 0. The van der Waals surface area contributed by atoms with E-state index in [1.54, 1.807) is 6.07 Å². The molecule has 4 rings (SSSR count). The molecular weight excluding hydrogens is 391 g/mol. The fraction of sp³-hybridized carbons (Fsp3) is 0.0435. The van der Waals surface area contributed by atoms with Crippen molar-refractivity contribution >= 4 is 23.2 Å². The first-order valence-corrected chi connectivity index (χ1v) is 9.53. The lowest BCUT2D eigenvalue weighted by molar-refractivity contribution is 0.898. The number of nitrogens with one attached hydrogen (secondary N) is 1. The molecule has 0 aliphatic heterocycles. The van der Waals surface area contributed by atoms with E-state index in [1.165, 1.54) is 0 Å². The molecular formula is C23H16Cl2N2O. The normalized spacial score (nSPS) is 11.0. The molecule has 0 amide bonds. The van der Waals surface area contributed by atoms with Crippen LogP contribution in [-0.4, -0.2) is 9.97 Å². The SMILES string of the molecule is O=c1cc(C(c2ccc(Cl)cc2)c2ccc(Cl)cc2)nc(-c2ccccc2)[nH]1. The van der Waals surface area contributed by atoms with Crippen LogP contribution >= 0.6 is 23.2 Å². The van der Waals surface area contributed by atoms with E-state index >= 15 is 0 Å². The maximum absolute atomic E-state index is 12.4. The molecule has 3 aromatic carbocycles. The van der Waals surface area contributed by atoms with Gasteiger partial charge in [-0.25, -0.2) is 4.98 Å². The molecule has 0 atom stereocenters. The van der Waals surface area contributed by atoms with E-state index in [4.69, 9.17) is 28.2 Å². The molecule has 1 N–H and O–H groups in total. The fourth-order valence-corrected chi connectivity index (χ4v) is 3.45. The molecule has 1 heterocycles. The number of rotatable bonds is 4. The average molecular weight is 407 g/mol. The number of aromatic amines is 1. The van der Waals surface area contributed by atoms with Gasteiger partial charge in [-0.3, -0.25) is 4.79 Å². The Kier molecular flexibility index (Phi) is 5.29. The molecule has 28 heavy (non-hydrogen) atoms. The molecule has 0 unspecified atom stereocenters. The van der Waals surface area contributed by atoms with Crippen LogP contribution in [0.1, 0.15) is 22.7 Å². The molecule has 0 aliphatic carbocycles. The van der Waals surface area contributed by atoms with Gasteiger partial charge in [0.2, 0.25) is 0 Å². The third-order valence-corrected chi connectivity index (χ3v) is 5.02. The Labute approximate surface area is 172 Å². The van der Waals surface area contributed by atoms with Gasteiger partial charge in [0.25, 0.3) is 5.56 Å². The van der Waals surface area contributed by atoms with Crippen LogP contribution in [0.3, 0.4) is 0 Å². The zero-order valence-corrected chi connectivity index (χ0v) is 16.3. The van der Waals surface area contributed by atoms with Crippen LogP contribution in [0.2, 0.25) is 10.0 Å². The van der Waals surface area contributed by atoms with E-state index in [9.17, 15) is 4.79 Å². The molecule has 0 aliphatic rings. The quantitative estimate of drug-likeness (QED) is 0.456. The van der Waals surface area contributed by atoms with E-state index in [1.807, 2.05) is 78.9 Å². The van der Waals surface area contributed by atoms with Crippen molar-refractivity contribution in [3.8, 4) is 11.4 Å². The van der Waals surface area contributed by atoms with Crippen LogP contribution in [0.4, 0.5) is 0 Å². The van der Waals surface area contributed by atoms with Crippen molar-refractivity contribution in [3.05, 3.63) is 122 Å². The average Bonchev–Trinajstić information content (AvgIpc) is 2.71. The van der Waals surface area contributed by atoms with Crippen LogP contribution in [0.25, 0.3) is 11.4 Å². The van der Waals surface area contributed by atoms with Gasteiger partial charge < -0.3 is 4.98 Å². The van der Waals surface area contributed by atoms with Gasteiger partial charge in [-0.1, -0.05) is 77.8 Å². The smallest absolute Gasteiger partial charge is 0.251 e. The summed E-state index contributed by atoms with van der Waals surface area (Å²) in [5.74, 6) is 0.315. The molecule has 0 radical (unpaired) electrons. The maximum atomic E-state index is 12.4. The number of nitrogens with zero attached hydrogens (tertiary/aromatic N) is 1. The first-order valence-electron chi connectivity index (χ1n) is 8.78. The summed E-state index contributed by atoms with van der Waals surface area (Å²) in [6, 6.07) is 26.3. The third kappa shape index (κ3) is 4.01. The molecule has 0 saturated carbocycles. The predicted molar refractivity (Wildman–Crippen MR) is 114 cm³/mol. The summed E-state index contributed by atoms with van der Waals surface area (Å²) in [4.78, 5) is 20.0. The zero-order chi connectivity index (χ0) is 19.5. The number of hydrogen-bond acceptors (Lipinski definition) is 2. The van der Waals surface area contributed by atoms with E-state index in [0.717, 1.165) is 16.7 Å². The third-order valence-electron chi connectivity index (χ3n) is 4.51. The summed E-state index contributed by atoms with van der Waals surface area (Å²) in [5, 5.41) is 1.31. The molecule has 1 aromatic heterocycles. The number of hydrogen-bond donors (Lipinski definition) is 1. The Morgan fingerprint density at radius 2 is 1.29 bits per heavy atom. The Hall–Kier alpha value is -2.88. The first-order chi connectivity index (χ1) is 13.6. The Morgan fingerprint density at radius 1 is 0.750 bits per heavy atom. The molecule has 0 saturated heterocycles. The van der Waals surface area contributed by atoms with E-state index in [0.29, 0.717) is 21.6 Å². The van der Waals surface area contributed by atoms with Crippen LogP contribution in [-0.2, 0) is 0 Å². The van der Waals surface area contributed by atoms with Gasteiger partial charge in [0.05, 0.1) is 11.6 Å². The van der Waals surface area contributed by atoms with E-state index < -0.39 is 0 Å². The lowest BCUT2D eigenvalue weighted by Crippen LogP contribution is -2.14. The minimum absolute atomic E-state index is 0.197. The summed E-state index contributed by atoms with van der Waals surface area (Å²) in [6.07, 6.45) is 0. The number of aromatic nitrogens is 2. The molecule has 3 nitrogen and oxygen atoms in total. The molecule has 5 heteroatoms. The number of benzene rings is 3. The Bertz CT molecular complexity index is 1090. The molecule has 0 bridgehead atoms. The second-order valence-electron chi connectivity index (χ2n) is 6.42. The minimum Gasteiger partial charge on any atom is -0.307 e. The van der Waals surface area contributed by atoms with Gasteiger partial charge in [-0.15, -0.1) is 0 Å². The van der Waals surface area contributed by atoms with E-state index in [-0.39, 0.29) is 11.5 Å². The summed E-state index contributed by atoms with van der Waals surface area (Å²) >= 11 is 12.1. The van der Waals surface area contributed by atoms with Gasteiger partial charge in [0, 0.05) is 21.7 Å². The van der Waals surface area contributed by atoms with Crippen molar-refractivity contribution in [1.82, 2.24) is 9.97 Å². The first kappa shape index (κ1) is 18.5. The standard InChI is InChI=1S/C23H16Cl2N2O/c24-18-10-6-15(7-11-18)22(16-8-12-19(25)13-9-16)20-14-21(28)27-23(26-20)17-4-2-1-3-5-17/h1-14,22H,(H,26,27,28). The van der Waals surface area contributed by atoms with Crippen molar-refractivity contribution in [3.63, 3.8) is 0 Å². The van der Waals surface area contributed by atoms with Crippen LogP contribution < -0.4 is 5.56 Å². The van der Waals surface area contributed by atoms with Crippen molar-refractivity contribution in [1.29, 1.82) is 0 Å². The summed E-state index contributed by atoms with van der Waals surface area (Å²) < 4.78 is 0. The predicted octanol–water partition coefficient (Wildman–Crippen LogP) is 5.92. The summed E-state index contributed by atoms with van der Waals surface area (Å²) in [5.41, 5.74) is 3.30. The van der Waals surface area contributed by atoms with Gasteiger partial charge in [-0.2, -0.15) is 0 Å². The second-order valence-corrected chi connectivity index (χ2v) is 7.29. The Morgan fingerprint density at radius 3 is 1.82 bits per heavy atom. The fourth-order valence-electron chi connectivity index (χ4n) is 3.20. The number of H-pyrrole nitrogens is 1. The zero-order valence-electron chi connectivity index (χ0n) is 14.8. The van der Waals surface area contributed by atoms with Crippen LogP contribution in [0, 0.1) is 0 Å². The largest absolute Gasteiger partial charge is 0.307 e. The molecule has 4 aromatic rings. The lowest BCUT2D eigenvalue weighted by Gasteiger charge is -2.18. The van der Waals surface area contributed by atoms with E-state index in [2.05, 4.69) is 4.98 Å². The van der Waals surface area contributed by atoms with Gasteiger partial charge in [-0.05, 0) is 35.4 Å². The molecule has 138 valence electrons. The monoisotopic (exact) mass is 406 g/mol. The lowest BCUT2D eigenvalue weighted by atomic mass is 9.88. The molecule has 0 fully saturated rings. The highest BCUT2D eigenvalue weighted by molar-refractivity contribution is 6.30. The summed E-state index contributed by atoms with van der Waals surface area (Å²) in [6.45, 7) is 0. The van der Waals surface area contributed by atoms with Crippen molar-refractivity contribution < 1.29 is 0 Å².